The number of nitrogens with one attached hydrogen (secondary N) is 1. The van der Waals surface area contributed by atoms with Gasteiger partial charge in [0.05, 0.1) is 7.11 Å². The van der Waals surface area contributed by atoms with E-state index in [2.05, 4.69) is 5.32 Å². The van der Waals surface area contributed by atoms with Gasteiger partial charge >= 0.3 is 0 Å². The van der Waals surface area contributed by atoms with E-state index in [1.54, 1.807) is 12.1 Å². The third-order valence-corrected chi connectivity index (χ3v) is 5.59. The number of nitrogens with zero attached hydrogens (tertiary/aromatic N) is 1. The van der Waals surface area contributed by atoms with E-state index >= 15 is 0 Å². The Hall–Kier alpha value is -1.60. The number of hydrogen-bond acceptors (Lipinski definition) is 4. The molecule has 6 nitrogen and oxygen atoms in total. The quantitative estimate of drug-likeness (QED) is 0.897. The maximum atomic E-state index is 12.8. The van der Waals surface area contributed by atoms with Crippen molar-refractivity contribution in [3.05, 3.63) is 23.3 Å². The van der Waals surface area contributed by atoms with E-state index in [-0.39, 0.29) is 30.3 Å². The number of rotatable bonds is 3. The smallest absolute Gasteiger partial charge is 0.246 e. The standard InChI is InChI=1S/C14H20N2O4S/c1-10-8-12(20-3)13(9-11(10)2)21(18,19)16-6-4-14(17)15-5-7-16/h8-9H,4-7H2,1-3H3,(H,15,17). The van der Waals surface area contributed by atoms with Gasteiger partial charge in [0, 0.05) is 26.1 Å². The van der Waals surface area contributed by atoms with Gasteiger partial charge in [-0.05, 0) is 37.1 Å². The van der Waals surface area contributed by atoms with Crippen LogP contribution < -0.4 is 10.1 Å². The molecular formula is C14H20N2O4S. The van der Waals surface area contributed by atoms with E-state index in [0.717, 1.165) is 11.1 Å². The molecule has 0 bridgehead atoms. The molecule has 2 rings (SSSR count). The van der Waals surface area contributed by atoms with E-state index in [4.69, 9.17) is 4.74 Å². The van der Waals surface area contributed by atoms with Crippen LogP contribution in [0.25, 0.3) is 0 Å². The predicted molar refractivity (Wildman–Crippen MR) is 78.9 cm³/mol. The lowest BCUT2D eigenvalue weighted by Gasteiger charge is -2.21. The number of ether oxygens (including phenoxy) is 1. The Morgan fingerprint density at radius 2 is 1.86 bits per heavy atom. The van der Waals surface area contributed by atoms with E-state index in [1.807, 2.05) is 13.8 Å². The van der Waals surface area contributed by atoms with Crippen molar-refractivity contribution < 1.29 is 17.9 Å². The normalized spacial score (nSPS) is 17.2. The Bertz CT molecular complexity index is 655. The largest absolute Gasteiger partial charge is 0.495 e. The Morgan fingerprint density at radius 1 is 1.19 bits per heavy atom. The molecule has 1 aromatic rings. The highest BCUT2D eigenvalue weighted by atomic mass is 32.2. The summed E-state index contributed by atoms with van der Waals surface area (Å²) < 4.78 is 32.1. The molecule has 116 valence electrons. The third kappa shape index (κ3) is 3.19. The molecule has 0 aliphatic carbocycles. The molecule has 1 aliphatic rings. The van der Waals surface area contributed by atoms with Crippen LogP contribution in [0.5, 0.6) is 5.75 Å². The van der Waals surface area contributed by atoms with Crippen LogP contribution in [0.4, 0.5) is 0 Å². The minimum absolute atomic E-state index is 0.125. The van der Waals surface area contributed by atoms with Crippen molar-refractivity contribution in [3.63, 3.8) is 0 Å². The highest BCUT2D eigenvalue weighted by Crippen LogP contribution is 2.30. The summed E-state index contributed by atoms with van der Waals surface area (Å²) in [5.41, 5.74) is 1.86. The molecule has 1 N–H and O–H groups in total. The predicted octanol–water partition coefficient (Wildman–Crippen LogP) is 0.823. The van der Waals surface area contributed by atoms with E-state index in [9.17, 15) is 13.2 Å². The summed E-state index contributed by atoms with van der Waals surface area (Å²) in [4.78, 5) is 11.5. The molecule has 1 aliphatic heterocycles. The molecule has 0 saturated carbocycles. The summed E-state index contributed by atoms with van der Waals surface area (Å²) in [7, 11) is -2.22. The van der Waals surface area contributed by atoms with Gasteiger partial charge in [-0.3, -0.25) is 4.79 Å². The average molecular weight is 312 g/mol. The van der Waals surface area contributed by atoms with Crippen molar-refractivity contribution >= 4 is 15.9 Å². The second-order valence-electron chi connectivity index (χ2n) is 5.09. The minimum atomic E-state index is -3.67. The van der Waals surface area contributed by atoms with Gasteiger partial charge < -0.3 is 10.1 Å². The Kier molecular flexibility index (Phi) is 4.53. The van der Waals surface area contributed by atoms with Crippen LogP contribution in [0.2, 0.25) is 0 Å². The first-order valence-electron chi connectivity index (χ1n) is 6.78. The maximum Gasteiger partial charge on any atom is 0.246 e. The molecule has 7 heteroatoms. The molecule has 0 atom stereocenters. The molecule has 0 aromatic heterocycles. The monoisotopic (exact) mass is 312 g/mol. The molecule has 0 spiro atoms. The molecule has 0 radical (unpaired) electrons. The van der Waals surface area contributed by atoms with Gasteiger partial charge in [0.25, 0.3) is 0 Å². The topological polar surface area (TPSA) is 75.7 Å². The van der Waals surface area contributed by atoms with Crippen LogP contribution in [0.15, 0.2) is 17.0 Å². The Morgan fingerprint density at radius 3 is 2.52 bits per heavy atom. The van der Waals surface area contributed by atoms with Crippen molar-refractivity contribution in [1.82, 2.24) is 9.62 Å². The van der Waals surface area contributed by atoms with E-state index in [1.165, 1.54) is 11.4 Å². The van der Waals surface area contributed by atoms with Gasteiger partial charge in [-0.25, -0.2) is 8.42 Å². The number of carbonyl (C=O) groups excluding carboxylic acids is 1. The van der Waals surface area contributed by atoms with Crippen molar-refractivity contribution in [2.75, 3.05) is 26.7 Å². The number of amides is 1. The summed E-state index contributed by atoms with van der Waals surface area (Å²) in [6, 6.07) is 3.35. The molecule has 21 heavy (non-hydrogen) atoms. The van der Waals surface area contributed by atoms with E-state index in [0.29, 0.717) is 12.3 Å². The number of sulfonamides is 1. The summed E-state index contributed by atoms with van der Waals surface area (Å²) >= 11 is 0. The van der Waals surface area contributed by atoms with Crippen LogP contribution in [0.3, 0.4) is 0 Å². The zero-order chi connectivity index (χ0) is 15.6. The molecule has 0 unspecified atom stereocenters. The molecular weight excluding hydrogens is 292 g/mol. The highest BCUT2D eigenvalue weighted by molar-refractivity contribution is 7.89. The zero-order valence-corrected chi connectivity index (χ0v) is 13.3. The number of methoxy groups -OCH3 is 1. The average Bonchev–Trinajstić information content (AvgIpc) is 2.66. The highest BCUT2D eigenvalue weighted by Gasteiger charge is 2.29. The minimum Gasteiger partial charge on any atom is -0.495 e. The van der Waals surface area contributed by atoms with Gasteiger partial charge in [0.15, 0.2) is 0 Å². The van der Waals surface area contributed by atoms with Gasteiger partial charge in [-0.1, -0.05) is 0 Å². The number of benzene rings is 1. The van der Waals surface area contributed by atoms with Crippen LogP contribution in [-0.2, 0) is 14.8 Å². The lowest BCUT2D eigenvalue weighted by Crippen LogP contribution is -2.34. The van der Waals surface area contributed by atoms with Crippen LogP contribution in [0.1, 0.15) is 17.5 Å². The number of hydrogen-bond donors (Lipinski definition) is 1. The van der Waals surface area contributed by atoms with Crippen molar-refractivity contribution in [1.29, 1.82) is 0 Å². The van der Waals surface area contributed by atoms with Crippen molar-refractivity contribution in [2.24, 2.45) is 0 Å². The number of aryl methyl sites for hydroxylation is 2. The Balaban J connectivity index is 2.43. The van der Waals surface area contributed by atoms with Gasteiger partial charge in [-0.2, -0.15) is 4.31 Å². The molecule has 1 heterocycles. The van der Waals surface area contributed by atoms with Crippen molar-refractivity contribution in [3.8, 4) is 5.75 Å². The third-order valence-electron chi connectivity index (χ3n) is 3.67. The van der Waals surface area contributed by atoms with Gasteiger partial charge in [0.1, 0.15) is 10.6 Å². The Labute approximate surface area is 125 Å². The lowest BCUT2D eigenvalue weighted by atomic mass is 10.1. The fraction of sp³-hybridized carbons (Fsp3) is 0.500. The summed E-state index contributed by atoms with van der Waals surface area (Å²) in [5.74, 6) is 0.210. The van der Waals surface area contributed by atoms with Gasteiger partial charge in [-0.15, -0.1) is 0 Å². The molecule has 1 saturated heterocycles. The molecule has 1 aromatic carbocycles. The fourth-order valence-corrected chi connectivity index (χ4v) is 3.91. The first-order chi connectivity index (χ1) is 9.86. The van der Waals surface area contributed by atoms with Crippen molar-refractivity contribution in [2.45, 2.75) is 25.2 Å². The molecule has 1 amide bonds. The summed E-state index contributed by atoms with van der Waals surface area (Å²) in [6.07, 6.45) is 0.173. The van der Waals surface area contributed by atoms with Crippen LogP contribution >= 0.6 is 0 Å². The second kappa shape index (κ2) is 6.03. The fourth-order valence-electron chi connectivity index (χ4n) is 2.25. The zero-order valence-electron chi connectivity index (χ0n) is 12.5. The van der Waals surface area contributed by atoms with E-state index < -0.39 is 10.0 Å². The second-order valence-corrected chi connectivity index (χ2v) is 7.00. The summed E-state index contributed by atoms with van der Waals surface area (Å²) in [6.45, 7) is 4.55. The van der Waals surface area contributed by atoms with Gasteiger partial charge in [0.2, 0.25) is 15.9 Å². The lowest BCUT2D eigenvalue weighted by molar-refractivity contribution is -0.120. The van der Waals surface area contributed by atoms with Crippen LogP contribution in [0, 0.1) is 13.8 Å². The van der Waals surface area contributed by atoms with Crippen LogP contribution in [-0.4, -0.2) is 45.4 Å². The first kappa shape index (κ1) is 15.8. The maximum absolute atomic E-state index is 12.8. The summed E-state index contributed by atoms with van der Waals surface area (Å²) in [5, 5.41) is 2.67. The SMILES string of the molecule is COc1cc(C)c(C)cc1S(=O)(=O)N1CCNC(=O)CC1. The molecule has 1 fully saturated rings. The number of carbonyl (C=O) groups is 1. The first-order valence-corrected chi connectivity index (χ1v) is 8.22.